The summed E-state index contributed by atoms with van der Waals surface area (Å²) in [5.74, 6) is 0.775. The van der Waals surface area contributed by atoms with E-state index in [2.05, 4.69) is 20.8 Å². The first-order valence-electron chi connectivity index (χ1n) is 11.7. The zero-order chi connectivity index (χ0) is 21.1. The maximum Gasteiger partial charge on any atom is 0.303 e. The van der Waals surface area contributed by atoms with E-state index < -0.39 is 12.1 Å². The molecular formula is C24H38O5. The van der Waals surface area contributed by atoms with E-state index in [9.17, 15) is 19.8 Å². The summed E-state index contributed by atoms with van der Waals surface area (Å²) in [6.45, 7) is 6.62. The van der Waals surface area contributed by atoms with Crippen LogP contribution < -0.4 is 0 Å². The van der Waals surface area contributed by atoms with Gasteiger partial charge in [0.2, 0.25) is 0 Å². The molecule has 5 nitrogen and oxygen atoms in total. The maximum atomic E-state index is 13.4. The van der Waals surface area contributed by atoms with Crippen LogP contribution in [0.2, 0.25) is 0 Å². The first-order valence-corrected chi connectivity index (χ1v) is 11.7. The Morgan fingerprint density at radius 2 is 1.86 bits per heavy atom. The molecule has 10 atom stereocenters. The molecular weight excluding hydrogens is 368 g/mol. The Balaban J connectivity index is 1.62. The molecule has 0 aromatic carbocycles. The SMILES string of the molecule is C[C@H](CCC(=O)O)[C@H]1CC[C@H]2[C@@H]3C(=O)C[C@@H]4CC(O)CC[C@]4(C)[C@H]3CC(O)[C@]12C. The van der Waals surface area contributed by atoms with Crippen molar-refractivity contribution < 1.29 is 24.9 Å². The van der Waals surface area contributed by atoms with Crippen LogP contribution in [-0.4, -0.2) is 39.3 Å². The van der Waals surface area contributed by atoms with Crippen LogP contribution in [-0.2, 0) is 9.59 Å². The number of hydrogen-bond acceptors (Lipinski definition) is 4. The summed E-state index contributed by atoms with van der Waals surface area (Å²) in [6, 6.07) is 0. The number of carbonyl (C=O) groups is 2. The molecule has 4 rings (SSSR count). The molecule has 29 heavy (non-hydrogen) atoms. The second-order valence-electron chi connectivity index (χ2n) is 11.3. The Hall–Kier alpha value is -0.940. The van der Waals surface area contributed by atoms with Gasteiger partial charge in [0.15, 0.2) is 0 Å². The predicted molar refractivity (Wildman–Crippen MR) is 109 cm³/mol. The van der Waals surface area contributed by atoms with Crippen LogP contribution >= 0.6 is 0 Å². The molecule has 4 fully saturated rings. The van der Waals surface area contributed by atoms with Crippen LogP contribution in [0.1, 0.15) is 78.6 Å². The van der Waals surface area contributed by atoms with Gasteiger partial charge in [-0.2, -0.15) is 0 Å². The van der Waals surface area contributed by atoms with Crippen LogP contribution in [0.25, 0.3) is 0 Å². The van der Waals surface area contributed by atoms with Gasteiger partial charge in [0.25, 0.3) is 0 Å². The van der Waals surface area contributed by atoms with Crippen molar-refractivity contribution >= 4 is 11.8 Å². The number of aliphatic hydroxyl groups excluding tert-OH is 2. The second kappa shape index (κ2) is 7.33. The van der Waals surface area contributed by atoms with Gasteiger partial charge in [-0.25, -0.2) is 0 Å². The van der Waals surface area contributed by atoms with Gasteiger partial charge in [-0.15, -0.1) is 0 Å². The molecule has 4 aliphatic rings. The lowest BCUT2D eigenvalue weighted by atomic mass is 9.43. The van der Waals surface area contributed by atoms with Crippen molar-refractivity contribution in [2.75, 3.05) is 0 Å². The van der Waals surface area contributed by atoms with Crippen molar-refractivity contribution in [1.29, 1.82) is 0 Å². The van der Waals surface area contributed by atoms with E-state index in [0.29, 0.717) is 25.0 Å². The Labute approximate surface area is 174 Å². The van der Waals surface area contributed by atoms with Crippen molar-refractivity contribution in [3.63, 3.8) is 0 Å². The second-order valence-corrected chi connectivity index (χ2v) is 11.3. The average molecular weight is 407 g/mol. The van der Waals surface area contributed by atoms with E-state index in [1.54, 1.807) is 0 Å². The monoisotopic (exact) mass is 406 g/mol. The fourth-order valence-electron chi connectivity index (χ4n) is 8.40. The van der Waals surface area contributed by atoms with Gasteiger partial charge in [-0.1, -0.05) is 20.8 Å². The van der Waals surface area contributed by atoms with Crippen LogP contribution in [0.4, 0.5) is 0 Å². The normalized spacial score (nSPS) is 50.4. The van der Waals surface area contributed by atoms with Crippen molar-refractivity contribution in [2.24, 2.45) is 46.3 Å². The molecule has 0 bridgehead atoms. The van der Waals surface area contributed by atoms with E-state index in [4.69, 9.17) is 5.11 Å². The average Bonchev–Trinajstić information content (AvgIpc) is 3.01. The number of aliphatic carboxylic acids is 1. The Bertz CT molecular complexity index is 676. The molecule has 4 aliphatic carbocycles. The summed E-state index contributed by atoms with van der Waals surface area (Å²) in [7, 11) is 0. The highest BCUT2D eigenvalue weighted by Gasteiger charge is 2.65. The van der Waals surface area contributed by atoms with Crippen LogP contribution in [0.5, 0.6) is 0 Å². The fourth-order valence-corrected chi connectivity index (χ4v) is 8.40. The Morgan fingerprint density at radius 1 is 1.14 bits per heavy atom. The molecule has 0 aromatic rings. The molecule has 4 saturated carbocycles. The van der Waals surface area contributed by atoms with E-state index >= 15 is 0 Å². The maximum absolute atomic E-state index is 13.4. The minimum atomic E-state index is -0.762. The van der Waals surface area contributed by atoms with Crippen LogP contribution in [0.15, 0.2) is 0 Å². The summed E-state index contributed by atoms with van der Waals surface area (Å²) in [5.41, 5.74) is -0.265. The molecule has 5 heteroatoms. The lowest BCUT2D eigenvalue weighted by molar-refractivity contribution is -0.182. The molecule has 3 N–H and O–H groups in total. The number of carboxylic acids is 1. The summed E-state index contributed by atoms with van der Waals surface area (Å²) < 4.78 is 0. The van der Waals surface area contributed by atoms with E-state index in [1.165, 1.54) is 0 Å². The standard InChI is InChI=1S/C24H38O5/c1-13(4-7-21(28)29)16-5-6-17-22-18(12-20(27)24(16,17)3)23(2)9-8-15(25)10-14(23)11-19(22)26/h13-18,20,22,25,27H,4-12H2,1-3H3,(H,28,29)/t13-,14+,15?,16-,17+,18+,20?,22+,23+,24-/m1/s1. The number of Topliss-reactive ketones (excluding diaryl/α,β-unsaturated/α-hetero) is 1. The van der Waals surface area contributed by atoms with Gasteiger partial charge in [0.05, 0.1) is 12.2 Å². The lowest BCUT2D eigenvalue weighted by Crippen LogP contribution is -2.61. The highest BCUT2D eigenvalue weighted by Crippen LogP contribution is 2.67. The van der Waals surface area contributed by atoms with Gasteiger partial charge in [0, 0.05) is 24.2 Å². The van der Waals surface area contributed by atoms with Crippen molar-refractivity contribution in [2.45, 2.75) is 90.8 Å². The van der Waals surface area contributed by atoms with Gasteiger partial charge in [0.1, 0.15) is 5.78 Å². The molecule has 2 unspecified atom stereocenters. The highest BCUT2D eigenvalue weighted by atomic mass is 16.4. The minimum Gasteiger partial charge on any atom is -0.481 e. The molecule has 0 aliphatic heterocycles. The Morgan fingerprint density at radius 3 is 2.55 bits per heavy atom. The van der Waals surface area contributed by atoms with Gasteiger partial charge < -0.3 is 15.3 Å². The number of fused-ring (bicyclic) bond motifs is 5. The molecule has 0 amide bonds. The minimum absolute atomic E-state index is 0.0246. The quantitative estimate of drug-likeness (QED) is 0.662. The van der Waals surface area contributed by atoms with Gasteiger partial charge in [-0.3, -0.25) is 9.59 Å². The van der Waals surface area contributed by atoms with Gasteiger partial charge in [-0.05, 0) is 80.0 Å². The largest absolute Gasteiger partial charge is 0.481 e. The number of ketones is 1. The summed E-state index contributed by atoms with van der Waals surface area (Å²) in [5, 5.41) is 30.7. The van der Waals surface area contributed by atoms with E-state index in [0.717, 1.165) is 32.1 Å². The van der Waals surface area contributed by atoms with Crippen molar-refractivity contribution in [3.05, 3.63) is 0 Å². The predicted octanol–water partition coefficient (Wildman–Crippen LogP) is 3.66. The number of carboxylic acid groups (broad SMARTS) is 1. The smallest absolute Gasteiger partial charge is 0.303 e. The lowest BCUT2D eigenvalue weighted by Gasteiger charge is -2.61. The highest BCUT2D eigenvalue weighted by molar-refractivity contribution is 5.83. The number of rotatable bonds is 4. The Kier molecular flexibility index (Phi) is 5.39. The third-order valence-electron chi connectivity index (χ3n) is 10.1. The van der Waals surface area contributed by atoms with Crippen LogP contribution in [0, 0.1) is 46.3 Å². The zero-order valence-corrected chi connectivity index (χ0v) is 18.1. The molecule has 0 saturated heterocycles. The topological polar surface area (TPSA) is 94.8 Å². The summed E-state index contributed by atoms with van der Waals surface area (Å²) in [4.78, 5) is 24.4. The molecule has 0 heterocycles. The fraction of sp³-hybridized carbons (Fsp3) is 0.917. The molecule has 0 spiro atoms. The number of hydrogen-bond donors (Lipinski definition) is 3. The first kappa shape index (κ1) is 21.3. The van der Waals surface area contributed by atoms with Crippen molar-refractivity contribution in [3.8, 4) is 0 Å². The zero-order valence-electron chi connectivity index (χ0n) is 18.1. The molecule has 0 radical (unpaired) electrons. The van der Waals surface area contributed by atoms with Crippen molar-refractivity contribution in [1.82, 2.24) is 0 Å². The van der Waals surface area contributed by atoms with E-state index in [-0.39, 0.29) is 58.9 Å². The van der Waals surface area contributed by atoms with E-state index in [1.807, 2.05) is 0 Å². The van der Waals surface area contributed by atoms with Crippen LogP contribution in [0.3, 0.4) is 0 Å². The summed E-state index contributed by atoms with van der Waals surface area (Å²) >= 11 is 0. The first-order chi connectivity index (χ1) is 13.6. The third-order valence-corrected chi connectivity index (χ3v) is 10.1. The molecule has 0 aromatic heterocycles. The van der Waals surface area contributed by atoms with Gasteiger partial charge >= 0.3 is 5.97 Å². The number of aliphatic hydroxyl groups is 2. The molecule has 164 valence electrons. The summed E-state index contributed by atoms with van der Waals surface area (Å²) in [6.07, 6.45) is 5.74. The number of carbonyl (C=O) groups excluding carboxylic acids is 1. The third kappa shape index (κ3) is 3.18.